The molecule has 0 spiro atoms. The molecule has 3 aromatic rings. The second-order valence-electron chi connectivity index (χ2n) is 5.44. The Morgan fingerprint density at radius 1 is 1.17 bits per heavy atom. The lowest BCUT2D eigenvalue weighted by molar-refractivity contribution is 0.687. The molecule has 2 aromatic carbocycles. The zero-order valence-corrected chi connectivity index (χ0v) is 14.7. The predicted octanol–water partition coefficient (Wildman–Crippen LogP) is 4.70. The van der Waals surface area contributed by atoms with Crippen molar-refractivity contribution in [2.75, 3.05) is 10.6 Å². The fourth-order valence-electron chi connectivity index (χ4n) is 2.29. The number of aromatic nitrogens is 2. The molecule has 2 N–H and O–H groups in total. The van der Waals surface area contributed by atoms with Gasteiger partial charge in [-0.3, -0.25) is 4.68 Å². The lowest BCUT2D eigenvalue weighted by Gasteiger charge is -2.13. The van der Waals surface area contributed by atoms with Gasteiger partial charge in [-0.2, -0.15) is 5.10 Å². The van der Waals surface area contributed by atoms with Crippen LogP contribution in [0.2, 0.25) is 5.02 Å². The van der Waals surface area contributed by atoms with Crippen LogP contribution in [0.15, 0.2) is 60.9 Å². The Bertz CT molecular complexity index is 829. The standard InChI is InChI=1S/C18H17ClN4S/c1-13-3-6-15(19)11-17(13)22-18(24)21-16-7-4-14(5-8-16)12-23-10-2-9-20-23/h2-11H,12H2,1H3,(H2,21,22,24). The summed E-state index contributed by atoms with van der Waals surface area (Å²) in [4.78, 5) is 0. The van der Waals surface area contributed by atoms with Crippen molar-refractivity contribution in [2.45, 2.75) is 13.5 Å². The highest BCUT2D eigenvalue weighted by Crippen LogP contribution is 2.20. The van der Waals surface area contributed by atoms with Crippen LogP contribution < -0.4 is 10.6 Å². The van der Waals surface area contributed by atoms with Crippen molar-refractivity contribution in [3.8, 4) is 0 Å². The Hall–Kier alpha value is -2.37. The van der Waals surface area contributed by atoms with Crippen molar-refractivity contribution in [3.05, 3.63) is 77.1 Å². The van der Waals surface area contributed by atoms with Crippen LogP contribution in [0.1, 0.15) is 11.1 Å². The predicted molar refractivity (Wildman–Crippen MR) is 104 cm³/mol. The van der Waals surface area contributed by atoms with Gasteiger partial charge in [0.15, 0.2) is 5.11 Å². The van der Waals surface area contributed by atoms with Gasteiger partial charge in [0, 0.05) is 28.8 Å². The highest BCUT2D eigenvalue weighted by Gasteiger charge is 2.03. The van der Waals surface area contributed by atoms with Crippen molar-refractivity contribution < 1.29 is 0 Å². The quantitative estimate of drug-likeness (QED) is 0.665. The normalized spacial score (nSPS) is 10.4. The van der Waals surface area contributed by atoms with Gasteiger partial charge in [0.1, 0.15) is 0 Å². The number of aryl methyl sites for hydroxylation is 1. The summed E-state index contributed by atoms with van der Waals surface area (Å²) in [5, 5.41) is 11.8. The number of benzene rings is 2. The van der Waals surface area contributed by atoms with Crippen molar-refractivity contribution >= 4 is 40.3 Å². The third-order valence-electron chi connectivity index (χ3n) is 3.56. The van der Waals surface area contributed by atoms with Gasteiger partial charge < -0.3 is 10.6 Å². The minimum atomic E-state index is 0.528. The average molecular weight is 357 g/mol. The molecule has 0 unspecified atom stereocenters. The fourth-order valence-corrected chi connectivity index (χ4v) is 2.69. The van der Waals surface area contributed by atoms with Crippen LogP contribution in [0.3, 0.4) is 0 Å². The van der Waals surface area contributed by atoms with Gasteiger partial charge in [-0.1, -0.05) is 29.8 Å². The Labute approximate surface area is 151 Å². The van der Waals surface area contributed by atoms with Crippen LogP contribution >= 0.6 is 23.8 Å². The number of rotatable bonds is 4. The second kappa shape index (κ2) is 7.47. The molecule has 0 saturated heterocycles. The van der Waals surface area contributed by atoms with E-state index in [-0.39, 0.29) is 0 Å². The molecule has 1 aromatic heterocycles. The fraction of sp³-hybridized carbons (Fsp3) is 0.111. The van der Waals surface area contributed by atoms with E-state index in [1.54, 1.807) is 6.20 Å². The zero-order valence-electron chi connectivity index (χ0n) is 13.2. The van der Waals surface area contributed by atoms with E-state index in [4.69, 9.17) is 23.8 Å². The molecule has 0 aliphatic carbocycles. The number of hydrogen-bond donors (Lipinski definition) is 2. The first-order valence-electron chi connectivity index (χ1n) is 7.51. The summed E-state index contributed by atoms with van der Waals surface area (Å²) in [7, 11) is 0. The van der Waals surface area contributed by atoms with Gasteiger partial charge in [0.05, 0.1) is 6.54 Å². The topological polar surface area (TPSA) is 41.9 Å². The average Bonchev–Trinajstić information content (AvgIpc) is 3.06. The molecule has 24 heavy (non-hydrogen) atoms. The molecule has 0 amide bonds. The van der Waals surface area contributed by atoms with E-state index in [2.05, 4.69) is 27.9 Å². The summed E-state index contributed by atoms with van der Waals surface area (Å²) in [6.07, 6.45) is 3.72. The molecule has 0 radical (unpaired) electrons. The van der Waals surface area contributed by atoms with Crippen LogP contribution in [0.4, 0.5) is 11.4 Å². The molecule has 0 atom stereocenters. The van der Waals surface area contributed by atoms with Crippen molar-refractivity contribution in [3.63, 3.8) is 0 Å². The monoisotopic (exact) mass is 356 g/mol. The molecule has 0 aliphatic rings. The minimum Gasteiger partial charge on any atom is -0.332 e. The highest BCUT2D eigenvalue weighted by molar-refractivity contribution is 7.80. The maximum atomic E-state index is 6.03. The molecule has 0 fully saturated rings. The first-order valence-corrected chi connectivity index (χ1v) is 8.29. The Morgan fingerprint density at radius 3 is 2.67 bits per heavy atom. The Morgan fingerprint density at radius 2 is 1.96 bits per heavy atom. The molecule has 4 nitrogen and oxygen atoms in total. The number of nitrogens with zero attached hydrogens (tertiary/aromatic N) is 2. The van der Waals surface area contributed by atoms with Gasteiger partial charge in [-0.15, -0.1) is 0 Å². The number of hydrogen-bond acceptors (Lipinski definition) is 2. The lowest BCUT2D eigenvalue weighted by Crippen LogP contribution is -2.19. The van der Waals surface area contributed by atoms with Crippen molar-refractivity contribution in [2.24, 2.45) is 0 Å². The SMILES string of the molecule is Cc1ccc(Cl)cc1NC(=S)Nc1ccc(Cn2cccn2)cc1. The second-order valence-corrected chi connectivity index (χ2v) is 6.28. The molecule has 6 heteroatoms. The molecule has 122 valence electrons. The molecule has 3 rings (SSSR count). The number of nitrogens with one attached hydrogen (secondary N) is 2. The van der Waals surface area contributed by atoms with Crippen LogP contribution in [-0.2, 0) is 6.54 Å². The van der Waals surface area contributed by atoms with E-state index in [0.717, 1.165) is 23.5 Å². The van der Waals surface area contributed by atoms with E-state index < -0.39 is 0 Å². The van der Waals surface area contributed by atoms with Gasteiger partial charge in [-0.25, -0.2) is 0 Å². The molecule has 1 heterocycles. The third-order valence-corrected chi connectivity index (χ3v) is 4.00. The van der Waals surface area contributed by atoms with E-state index in [9.17, 15) is 0 Å². The van der Waals surface area contributed by atoms with Gasteiger partial charge in [-0.05, 0) is 60.6 Å². The molecular formula is C18H17ClN4S. The molecule has 0 bridgehead atoms. The Kier molecular flexibility index (Phi) is 5.13. The van der Waals surface area contributed by atoms with E-state index >= 15 is 0 Å². The molecular weight excluding hydrogens is 340 g/mol. The number of halogens is 1. The Balaban J connectivity index is 1.61. The van der Waals surface area contributed by atoms with E-state index in [1.807, 2.05) is 54.2 Å². The smallest absolute Gasteiger partial charge is 0.175 e. The van der Waals surface area contributed by atoms with E-state index in [1.165, 1.54) is 5.56 Å². The largest absolute Gasteiger partial charge is 0.332 e. The van der Waals surface area contributed by atoms with Gasteiger partial charge >= 0.3 is 0 Å². The van der Waals surface area contributed by atoms with Crippen LogP contribution in [-0.4, -0.2) is 14.9 Å². The summed E-state index contributed by atoms with van der Waals surface area (Å²) >= 11 is 11.4. The summed E-state index contributed by atoms with van der Waals surface area (Å²) in [5.41, 5.74) is 4.08. The zero-order chi connectivity index (χ0) is 16.9. The van der Waals surface area contributed by atoms with Crippen molar-refractivity contribution in [1.82, 2.24) is 9.78 Å². The van der Waals surface area contributed by atoms with Gasteiger partial charge in [0.2, 0.25) is 0 Å². The third kappa shape index (κ3) is 4.34. The highest BCUT2D eigenvalue weighted by atomic mass is 35.5. The molecule has 0 saturated carbocycles. The summed E-state index contributed by atoms with van der Waals surface area (Å²) in [5.74, 6) is 0. The minimum absolute atomic E-state index is 0.528. The van der Waals surface area contributed by atoms with Crippen LogP contribution in [0.5, 0.6) is 0 Å². The van der Waals surface area contributed by atoms with Crippen LogP contribution in [0.25, 0.3) is 0 Å². The maximum Gasteiger partial charge on any atom is 0.175 e. The number of anilines is 2. The first-order chi connectivity index (χ1) is 11.6. The van der Waals surface area contributed by atoms with E-state index in [0.29, 0.717) is 10.1 Å². The lowest BCUT2D eigenvalue weighted by atomic mass is 10.2. The summed E-state index contributed by atoms with van der Waals surface area (Å²) < 4.78 is 1.89. The van der Waals surface area contributed by atoms with Gasteiger partial charge in [0.25, 0.3) is 0 Å². The molecule has 0 aliphatic heterocycles. The maximum absolute atomic E-state index is 6.03. The number of thiocarbonyl (C=S) groups is 1. The van der Waals surface area contributed by atoms with Crippen LogP contribution in [0, 0.1) is 6.92 Å². The summed E-state index contributed by atoms with van der Waals surface area (Å²) in [6, 6.07) is 15.7. The van der Waals surface area contributed by atoms with Crippen molar-refractivity contribution in [1.29, 1.82) is 0 Å². The first kappa shape index (κ1) is 16.5. The summed E-state index contributed by atoms with van der Waals surface area (Å²) in [6.45, 7) is 2.75.